The summed E-state index contributed by atoms with van der Waals surface area (Å²) in [5.74, 6) is 0. The van der Waals surface area contributed by atoms with Crippen LogP contribution in [-0.2, 0) is 10.4 Å². The van der Waals surface area contributed by atoms with Gasteiger partial charge in [0.15, 0.2) is 0 Å². The van der Waals surface area contributed by atoms with Gasteiger partial charge in [-0.05, 0) is 38.1 Å². The molecule has 0 unspecified atom stereocenters. The molecule has 0 spiro atoms. The normalized spacial score (nSPS) is 9.37. The van der Waals surface area contributed by atoms with Gasteiger partial charge in [0.05, 0.1) is 0 Å². The van der Waals surface area contributed by atoms with E-state index < -0.39 is 10.4 Å². The summed E-state index contributed by atoms with van der Waals surface area (Å²) in [6.07, 6.45) is 0. The Kier molecular flexibility index (Phi) is 10.3. The summed E-state index contributed by atoms with van der Waals surface area (Å²) >= 11 is 0. The van der Waals surface area contributed by atoms with Crippen LogP contribution in [0.4, 0.5) is 11.4 Å². The number of anilines is 2. The second kappa shape index (κ2) is 10.1. The van der Waals surface area contributed by atoms with Crippen LogP contribution in [0.2, 0.25) is 0 Å². The second-order valence-electron chi connectivity index (χ2n) is 3.21. The van der Waals surface area contributed by atoms with Gasteiger partial charge in [0.1, 0.15) is 0 Å². The summed E-state index contributed by atoms with van der Waals surface area (Å²) < 4.78 is 31.6. The summed E-state index contributed by atoms with van der Waals surface area (Å²) in [7, 11) is -4.67. The molecule has 0 radical (unpaired) electrons. The van der Waals surface area contributed by atoms with Gasteiger partial charge in [-0.2, -0.15) is 8.42 Å². The molecule has 0 saturated heterocycles. The Bertz CT molecular complexity index is 446. The van der Waals surface area contributed by atoms with E-state index in [1.54, 1.807) is 0 Å². The molecule has 9 heteroatoms. The fourth-order valence-corrected chi connectivity index (χ4v) is 1.27. The van der Waals surface area contributed by atoms with Crippen LogP contribution in [0.5, 0.6) is 0 Å². The largest absolute Gasteiger partial charge is 0.399 e. The van der Waals surface area contributed by atoms with E-state index >= 15 is 0 Å². The third kappa shape index (κ3) is 12.4. The fraction of sp³-hybridized carbons (Fsp3) is 0.400. The van der Waals surface area contributed by atoms with Gasteiger partial charge < -0.3 is 10.6 Å². The lowest BCUT2D eigenvalue weighted by Crippen LogP contribution is -2.21. The van der Waals surface area contributed by atoms with Gasteiger partial charge in [-0.25, -0.2) is 0 Å². The predicted octanol–water partition coefficient (Wildman–Crippen LogP) is 1.49. The average molecular weight is 290 g/mol. The maximum absolute atomic E-state index is 8.74. The SMILES string of the molecule is CCN(CC)c1ccc(N)cc1.N#N.O=S(=O)(O)O. The van der Waals surface area contributed by atoms with Gasteiger partial charge >= 0.3 is 10.4 Å². The lowest BCUT2D eigenvalue weighted by molar-refractivity contribution is 0.381. The molecule has 8 nitrogen and oxygen atoms in total. The quantitative estimate of drug-likeness (QED) is 0.430. The second-order valence-corrected chi connectivity index (χ2v) is 4.11. The van der Waals surface area contributed by atoms with E-state index in [2.05, 4.69) is 30.9 Å². The number of hydrogen-bond donors (Lipinski definition) is 3. The Morgan fingerprint density at radius 3 is 1.68 bits per heavy atom. The van der Waals surface area contributed by atoms with E-state index in [1.165, 1.54) is 5.69 Å². The van der Waals surface area contributed by atoms with Crippen molar-refractivity contribution in [3.05, 3.63) is 24.3 Å². The molecular weight excluding hydrogens is 272 g/mol. The summed E-state index contributed by atoms with van der Waals surface area (Å²) in [6, 6.07) is 7.99. The van der Waals surface area contributed by atoms with Crippen LogP contribution in [0.1, 0.15) is 13.8 Å². The van der Waals surface area contributed by atoms with Crippen LogP contribution in [0, 0.1) is 10.8 Å². The van der Waals surface area contributed by atoms with E-state index in [0.29, 0.717) is 0 Å². The van der Waals surface area contributed by atoms with Gasteiger partial charge in [0, 0.05) is 35.2 Å². The zero-order valence-electron chi connectivity index (χ0n) is 10.8. The Morgan fingerprint density at radius 2 is 1.42 bits per heavy atom. The molecule has 19 heavy (non-hydrogen) atoms. The van der Waals surface area contributed by atoms with Gasteiger partial charge in [-0.15, -0.1) is 0 Å². The van der Waals surface area contributed by atoms with E-state index in [0.717, 1.165) is 18.8 Å². The maximum atomic E-state index is 8.74. The molecule has 0 aromatic heterocycles. The molecule has 0 bridgehead atoms. The average Bonchev–Trinajstić information content (AvgIpc) is 2.33. The molecule has 1 rings (SSSR count). The molecule has 0 aliphatic rings. The lowest BCUT2D eigenvalue weighted by Gasteiger charge is -2.20. The van der Waals surface area contributed by atoms with Crippen LogP contribution < -0.4 is 10.6 Å². The fourth-order valence-electron chi connectivity index (χ4n) is 1.27. The molecule has 4 N–H and O–H groups in total. The van der Waals surface area contributed by atoms with Crippen molar-refractivity contribution in [2.75, 3.05) is 23.7 Å². The molecule has 1 aromatic carbocycles. The van der Waals surface area contributed by atoms with Crippen molar-refractivity contribution in [3.63, 3.8) is 0 Å². The minimum absolute atomic E-state index is 0.825. The number of nitrogens with two attached hydrogens (primary N) is 1. The molecule has 0 saturated carbocycles. The first-order valence-corrected chi connectivity index (χ1v) is 6.68. The highest BCUT2D eigenvalue weighted by Gasteiger charge is 1.99. The van der Waals surface area contributed by atoms with Crippen LogP contribution in [0.25, 0.3) is 0 Å². The first kappa shape index (κ1) is 19.4. The number of hydrogen-bond acceptors (Lipinski definition) is 6. The molecule has 0 amide bonds. The van der Waals surface area contributed by atoms with Crippen molar-refractivity contribution in [3.8, 4) is 0 Å². The molecule has 0 aliphatic heterocycles. The zero-order chi connectivity index (χ0) is 15.5. The molecular formula is C10H18N4O4S. The Morgan fingerprint density at radius 1 is 1.11 bits per heavy atom. The Hall–Kier alpha value is -1.89. The maximum Gasteiger partial charge on any atom is 0.394 e. The molecule has 0 fully saturated rings. The number of rotatable bonds is 3. The molecule has 1 aromatic rings. The van der Waals surface area contributed by atoms with Crippen LogP contribution in [0.3, 0.4) is 0 Å². The highest BCUT2D eigenvalue weighted by atomic mass is 32.3. The first-order valence-electron chi connectivity index (χ1n) is 5.28. The van der Waals surface area contributed by atoms with Crippen molar-refractivity contribution in [2.45, 2.75) is 13.8 Å². The summed E-state index contributed by atoms with van der Waals surface area (Å²) in [6.45, 7) is 6.39. The third-order valence-electron chi connectivity index (χ3n) is 2.02. The molecule has 0 heterocycles. The first-order chi connectivity index (χ1) is 8.77. The van der Waals surface area contributed by atoms with Crippen molar-refractivity contribution >= 4 is 21.8 Å². The lowest BCUT2D eigenvalue weighted by atomic mass is 10.2. The van der Waals surface area contributed by atoms with E-state index in [9.17, 15) is 0 Å². The van der Waals surface area contributed by atoms with Gasteiger partial charge in [0.2, 0.25) is 0 Å². The Labute approximate surface area is 112 Å². The molecule has 108 valence electrons. The summed E-state index contributed by atoms with van der Waals surface area (Å²) in [5, 5.41) is 12.0. The minimum atomic E-state index is -4.67. The number of nitrogen functional groups attached to an aromatic ring is 1. The highest BCUT2D eigenvalue weighted by molar-refractivity contribution is 7.79. The monoisotopic (exact) mass is 290 g/mol. The third-order valence-corrected chi connectivity index (χ3v) is 2.02. The standard InChI is InChI=1S/C10H16N2.N2.H2O4S/c1-3-12(4-2)10-7-5-9(11)6-8-10;1-2;1-5(2,3)4/h5-8H,3-4,11H2,1-2H3;;(H2,1,2,3,4). The van der Waals surface area contributed by atoms with Crippen molar-refractivity contribution in [1.29, 1.82) is 10.8 Å². The predicted molar refractivity (Wildman–Crippen MR) is 72.0 cm³/mol. The zero-order valence-corrected chi connectivity index (χ0v) is 11.6. The Balaban J connectivity index is 0. The van der Waals surface area contributed by atoms with Crippen LogP contribution in [0.15, 0.2) is 24.3 Å². The van der Waals surface area contributed by atoms with E-state index in [-0.39, 0.29) is 0 Å². The smallest absolute Gasteiger partial charge is 0.394 e. The van der Waals surface area contributed by atoms with Crippen molar-refractivity contribution in [1.82, 2.24) is 0 Å². The van der Waals surface area contributed by atoms with Crippen molar-refractivity contribution < 1.29 is 17.5 Å². The summed E-state index contributed by atoms with van der Waals surface area (Å²) in [4.78, 5) is 2.29. The molecule has 0 aliphatic carbocycles. The topological polar surface area (TPSA) is 151 Å². The summed E-state index contributed by atoms with van der Waals surface area (Å²) in [5.41, 5.74) is 7.66. The van der Waals surface area contributed by atoms with Crippen molar-refractivity contribution in [2.24, 2.45) is 0 Å². The molecule has 0 atom stereocenters. The highest BCUT2D eigenvalue weighted by Crippen LogP contribution is 2.15. The van der Waals surface area contributed by atoms with E-state index in [4.69, 9.17) is 34.0 Å². The van der Waals surface area contributed by atoms with Gasteiger partial charge in [-0.1, -0.05) is 0 Å². The van der Waals surface area contributed by atoms with E-state index in [1.807, 2.05) is 12.1 Å². The van der Waals surface area contributed by atoms with Crippen LogP contribution >= 0.6 is 0 Å². The van der Waals surface area contributed by atoms with Crippen LogP contribution in [-0.4, -0.2) is 30.6 Å². The number of benzene rings is 1. The minimum Gasteiger partial charge on any atom is -0.399 e. The van der Waals surface area contributed by atoms with Gasteiger partial charge in [0.25, 0.3) is 0 Å². The van der Waals surface area contributed by atoms with Gasteiger partial charge in [-0.3, -0.25) is 9.11 Å². The number of nitrogens with zero attached hydrogens (tertiary/aromatic N) is 3.